The molecule has 1 aliphatic heterocycles. The number of nitrogens with zero attached hydrogens (tertiary/aromatic N) is 3. The number of halogens is 2. The van der Waals surface area contributed by atoms with E-state index in [4.69, 9.17) is 32.9 Å². The van der Waals surface area contributed by atoms with Crippen LogP contribution in [0.1, 0.15) is 59.4 Å². The second-order valence-corrected chi connectivity index (χ2v) is 9.64. The van der Waals surface area contributed by atoms with Gasteiger partial charge in [0.05, 0.1) is 35.8 Å². The highest BCUT2D eigenvalue weighted by Crippen LogP contribution is 2.34. The number of carbonyl (C=O) groups is 1. The fourth-order valence-electron chi connectivity index (χ4n) is 4.61. The summed E-state index contributed by atoms with van der Waals surface area (Å²) in [5.74, 6) is 0.685. The highest BCUT2D eigenvalue weighted by molar-refractivity contribution is 6.35. The summed E-state index contributed by atoms with van der Waals surface area (Å²) >= 11 is 12.5. The first-order valence-electron chi connectivity index (χ1n) is 11.2. The molecule has 4 aromatic rings. The molecule has 1 atom stereocenters. The van der Waals surface area contributed by atoms with Crippen LogP contribution in [-0.2, 0) is 0 Å². The summed E-state index contributed by atoms with van der Waals surface area (Å²) in [6.45, 7) is 6.58. The van der Waals surface area contributed by atoms with E-state index < -0.39 is 0 Å². The number of imidazole rings is 1. The molecule has 1 amide bonds. The van der Waals surface area contributed by atoms with Gasteiger partial charge in [0.2, 0.25) is 0 Å². The number of nitrogens with one attached hydrogen (secondary N) is 1. The third-order valence-electron chi connectivity index (χ3n) is 6.08. The van der Waals surface area contributed by atoms with Crippen molar-refractivity contribution in [2.75, 3.05) is 6.61 Å². The van der Waals surface area contributed by atoms with E-state index in [-0.39, 0.29) is 17.9 Å². The van der Waals surface area contributed by atoms with Gasteiger partial charge in [0, 0.05) is 33.2 Å². The molecule has 0 fully saturated rings. The Kier molecular flexibility index (Phi) is 5.96. The van der Waals surface area contributed by atoms with Crippen molar-refractivity contribution in [3.05, 3.63) is 81.1 Å². The Balaban J connectivity index is 1.58. The zero-order valence-electron chi connectivity index (χ0n) is 19.1. The van der Waals surface area contributed by atoms with Crippen LogP contribution in [0.5, 0.6) is 5.75 Å². The number of carbonyl (C=O) groups excluding carboxylic acids is 1. The second kappa shape index (κ2) is 8.93. The van der Waals surface area contributed by atoms with Crippen molar-refractivity contribution in [2.45, 2.75) is 39.2 Å². The molecule has 0 unspecified atom stereocenters. The average molecular weight is 495 g/mol. The van der Waals surface area contributed by atoms with Gasteiger partial charge in [-0.3, -0.25) is 4.79 Å². The van der Waals surface area contributed by atoms with Crippen LogP contribution in [-0.4, -0.2) is 27.1 Å². The number of amides is 1. The van der Waals surface area contributed by atoms with Crippen LogP contribution >= 0.6 is 23.2 Å². The van der Waals surface area contributed by atoms with Crippen molar-refractivity contribution >= 4 is 34.8 Å². The first kappa shape index (κ1) is 22.7. The maximum Gasteiger partial charge on any atom is 0.253 e. The van der Waals surface area contributed by atoms with E-state index in [1.54, 1.807) is 16.8 Å². The Bertz CT molecular complexity index is 1390. The molecule has 2 aromatic carbocycles. The Morgan fingerprint density at radius 2 is 1.91 bits per heavy atom. The van der Waals surface area contributed by atoms with Gasteiger partial charge in [-0.25, -0.2) is 9.50 Å². The lowest BCUT2D eigenvalue weighted by atomic mass is 9.97. The van der Waals surface area contributed by atoms with Crippen molar-refractivity contribution in [3.63, 3.8) is 0 Å². The van der Waals surface area contributed by atoms with E-state index >= 15 is 0 Å². The zero-order chi connectivity index (χ0) is 24.0. The minimum absolute atomic E-state index is 0.0471. The fourth-order valence-corrected chi connectivity index (χ4v) is 5.14. The number of benzene rings is 2. The first-order valence-corrected chi connectivity index (χ1v) is 12.0. The summed E-state index contributed by atoms with van der Waals surface area (Å²) in [5, 5.41) is 8.88. The molecule has 34 heavy (non-hydrogen) atoms. The van der Waals surface area contributed by atoms with E-state index in [1.165, 1.54) is 0 Å². The molecule has 6 nitrogen and oxygen atoms in total. The minimum Gasteiger partial charge on any atom is -0.493 e. The molecular formula is C26H24Cl2N4O2. The van der Waals surface area contributed by atoms with Gasteiger partial charge >= 0.3 is 0 Å². The highest BCUT2D eigenvalue weighted by Gasteiger charge is 2.27. The number of ether oxygens (including phenoxy) is 1. The molecular weight excluding hydrogens is 471 g/mol. The molecule has 0 bridgehead atoms. The summed E-state index contributed by atoms with van der Waals surface area (Å²) in [5.41, 5.74) is 5.40. The summed E-state index contributed by atoms with van der Waals surface area (Å²) < 4.78 is 7.51. The maximum absolute atomic E-state index is 13.5. The summed E-state index contributed by atoms with van der Waals surface area (Å²) in [4.78, 5) is 18.3. The van der Waals surface area contributed by atoms with Crippen molar-refractivity contribution in [3.8, 4) is 17.0 Å². The van der Waals surface area contributed by atoms with Crippen LogP contribution in [0.25, 0.3) is 16.9 Å². The number of hydrogen-bond acceptors (Lipinski definition) is 4. The SMILES string of the molecule is Cc1nc2c(C(C)C)c(C(=O)N[C@H]3CCOc4ccccc43)cnn2c1-c1cc(Cl)cc(Cl)c1. The Morgan fingerprint density at radius 1 is 1.18 bits per heavy atom. The Labute approximate surface area is 207 Å². The van der Waals surface area contributed by atoms with E-state index in [9.17, 15) is 4.79 Å². The number of aromatic nitrogens is 3. The van der Waals surface area contributed by atoms with Crippen molar-refractivity contribution < 1.29 is 9.53 Å². The molecule has 2 aromatic heterocycles. The summed E-state index contributed by atoms with van der Waals surface area (Å²) in [6.07, 6.45) is 2.33. The molecule has 0 spiro atoms. The fraction of sp³-hybridized carbons (Fsp3) is 0.269. The monoisotopic (exact) mass is 494 g/mol. The van der Waals surface area contributed by atoms with Gasteiger partial charge in [-0.05, 0) is 37.1 Å². The molecule has 0 saturated heterocycles. The van der Waals surface area contributed by atoms with Crippen LogP contribution in [0.3, 0.4) is 0 Å². The first-order chi connectivity index (χ1) is 16.3. The smallest absolute Gasteiger partial charge is 0.253 e. The minimum atomic E-state index is -0.173. The Hall–Kier alpha value is -3.09. The molecule has 0 saturated carbocycles. The lowest BCUT2D eigenvalue weighted by molar-refractivity contribution is 0.0923. The van der Waals surface area contributed by atoms with Crippen molar-refractivity contribution in [2.24, 2.45) is 0 Å². The van der Waals surface area contributed by atoms with Crippen LogP contribution in [0.4, 0.5) is 0 Å². The van der Waals surface area contributed by atoms with Crippen LogP contribution in [0.15, 0.2) is 48.7 Å². The molecule has 174 valence electrons. The number of rotatable bonds is 4. The number of para-hydroxylation sites is 1. The van der Waals surface area contributed by atoms with Crippen LogP contribution in [0.2, 0.25) is 10.0 Å². The molecule has 3 heterocycles. The van der Waals surface area contributed by atoms with Gasteiger partial charge in [0.1, 0.15) is 5.75 Å². The van der Waals surface area contributed by atoms with Crippen LogP contribution in [0, 0.1) is 6.92 Å². The van der Waals surface area contributed by atoms with Gasteiger partial charge in [0.25, 0.3) is 5.91 Å². The van der Waals surface area contributed by atoms with Crippen molar-refractivity contribution in [1.29, 1.82) is 0 Å². The maximum atomic E-state index is 13.5. The zero-order valence-corrected chi connectivity index (χ0v) is 20.6. The van der Waals surface area contributed by atoms with Gasteiger partial charge < -0.3 is 10.1 Å². The lowest BCUT2D eigenvalue weighted by Gasteiger charge is -2.27. The van der Waals surface area contributed by atoms with E-state index in [0.29, 0.717) is 34.3 Å². The average Bonchev–Trinajstić information content (AvgIpc) is 3.13. The molecule has 0 radical (unpaired) electrons. The largest absolute Gasteiger partial charge is 0.493 e. The molecule has 1 N–H and O–H groups in total. The third-order valence-corrected chi connectivity index (χ3v) is 6.52. The molecule has 5 rings (SSSR count). The Morgan fingerprint density at radius 3 is 2.65 bits per heavy atom. The number of hydrogen-bond donors (Lipinski definition) is 1. The van der Waals surface area contributed by atoms with E-state index in [2.05, 4.69) is 24.3 Å². The van der Waals surface area contributed by atoms with Crippen molar-refractivity contribution in [1.82, 2.24) is 19.9 Å². The van der Waals surface area contributed by atoms with Gasteiger partial charge in [-0.1, -0.05) is 55.2 Å². The molecule has 0 aliphatic carbocycles. The third kappa shape index (κ3) is 4.01. The summed E-state index contributed by atoms with van der Waals surface area (Å²) in [6, 6.07) is 13.0. The topological polar surface area (TPSA) is 68.5 Å². The van der Waals surface area contributed by atoms with E-state index in [0.717, 1.165) is 33.8 Å². The quantitative estimate of drug-likeness (QED) is 0.356. The van der Waals surface area contributed by atoms with Gasteiger partial charge in [-0.15, -0.1) is 0 Å². The van der Waals surface area contributed by atoms with Gasteiger partial charge in [-0.2, -0.15) is 5.10 Å². The van der Waals surface area contributed by atoms with Crippen LogP contribution < -0.4 is 10.1 Å². The van der Waals surface area contributed by atoms with Gasteiger partial charge in [0.15, 0.2) is 5.65 Å². The molecule has 1 aliphatic rings. The lowest BCUT2D eigenvalue weighted by Crippen LogP contribution is -2.33. The predicted molar refractivity (Wildman–Crippen MR) is 134 cm³/mol. The second-order valence-electron chi connectivity index (χ2n) is 8.77. The number of fused-ring (bicyclic) bond motifs is 2. The normalized spacial score (nSPS) is 15.3. The summed E-state index contributed by atoms with van der Waals surface area (Å²) in [7, 11) is 0. The highest BCUT2D eigenvalue weighted by atomic mass is 35.5. The standard InChI is InChI=1S/C26H24Cl2N4O2/c1-14(2)23-20(26(33)31-21-8-9-34-22-7-5-4-6-19(21)22)13-29-32-24(15(3)30-25(23)32)16-10-17(27)12-18(28)11-16/h4-7,10-14,21H,8-9H2,1-3H3,(H,31,33)/t21-/m0/s1. The predicted octanol–water partition coefficient (Wildman–Crippen LogP) is 6.39. The van der Waals surface area contributed by atoms with E-state index in [1.807, 2.05) is 43.3 Å². The molecule has 8 heteroatoms. The number of aryl methyl sites for hydroxylation is 1.